The Balaban J connectivity index is 2.01. The summed E-state index contributed by atoms with van der Waals surface area (Å²) in [5.74, 6) is -1.25. The van der Waals surface area contributed by atoms with Crippen LogP contribution in [0.1, 0.15) is 5.69 Å². The van der Waals surface area contributed by atoms with Gasteiger partial charge in [0, 0.05) is 38.0 Å². The summed E-state index contributed by atoms with van der Waals surface area (Å²) in [5, 5.41) is 4.08. The van der Waals surface area contributed by atoms with Gasteiger partial charge in [0.25, 0.3) is 0 Å². The van der Waals surface area contributed by atoms with Crippen LogP contribution < -0.4 is 0 Å². The van der Waals surface area contributed by atoms with Gasteiger partial charge in [0.15, 0.2) is 10.6 Å². The maximum absolute atomic E-state index is 13.7. The molecule has 0 atom stereocenters. The van der Waals surface area contributed by atoms with E-state index in [1.807, 2.05) is 13.1 Å². The van der Waals surface area contributed by atoms with Gasteiger partial charge in [-0.3, -0.25) is 4.68 Å². The zero-order valence-corrected chi connectivity index (χ0v) is 11.5. The molecule has 3 aromatic rings. The van der Waals surface area contributed by atoms with Crippen molar-refractivity contribution in [2.75, 3.05) is 0 Å². The molecule has 2 heterocycles. The van der Waals surface area contributed by atoms with E-state index in [1.165, 1.54) is 6.07 Å². The number of aryl methyl sites for hydroxylation is 3. The number of nitrogens with zero attached hydrogens (tertiary/aromatic N) is 3. The molecule has 0 unspecified atom stereocenters. The van der Waals surface area contributed by atoms with Crippen molar-refractivity contribution >= 4 is 23.3 Å². The molecular weight excluding hydrogens is 282 g/mol. The first kappa shape index (κ1) is 13.0. The number of halogens is 2. The van der Waals surface area contributed by atoms with Gasteiger partial charge < -0.3 is 9.55 Å². The second-order valence-electron chi connectivity index (χ2n) is 4.56. The van der Waals surface area contributed by atoms with Gasteiger partial charge in [-0.2, -0.15) is 5.10 Å². The Morgan fingerprint density at radius 2 is 2.15 bits per heavy atom. The van der Waals surface area contributed by atoms with E-state index in [-0.39, 0.29) is 5.52 Å². The minimum absolute atomic E-state index is 0.237. The normalized spacial score (nSPS) is 11.3. The van der Waals surface area contributed by atoms with Crippen LogP contribution in [0.2, 0.25) is 0 Å². The summed E-state index contributed by atoms with van der Waals surface area (Å²) in [4.78, 5) is 2.78. The van der Waals surface area contributed by atoms with Crippen molar-refractivity contribution in [2.45, 2.75) is 13.0 Å². The molecule has 0 aliphatic carbocycles. The summed E-state index contributed by atoms with van der Waals surface area (Å²) in [7, 11) is 1.85. The van der Waals surface area contributed by atoms with Gasteiger partial charge in [0.1, 0.15) is 11.3 Å². The lowest BCUT2D eigenvalue weighted by molar-refractivity contribution is 0.589. The molecule has 2 aromatic heterocycles. The van der Waals surface area contributed by atoms with E-state index in [1.54, 1.807) is 15.4 Å². The Labute approximate surface area is 118 Å². The Kier molecular flexibility index (Phi) is 3.13. The second-order valence-corrected chi connectivity index (χ2v) is 4.95. The minimum Gasteiger partial charge on any atom is -0.328 e. The molecular formula is C13H12F2N4S. The smallest absolute Gasteiger partial charge is 0.178 e. The Bertz CT molecular complexity index is 831. The lowest BCUT2D eigenvalue weighted by Crippen LogP contribution is -2.05. The maximum atomic E-state index is 13.7. The van der Waals surface area contributed by atoms with Gasteiger partial charge in [0.2, 0.25) is 0 Å². The van der Waals surface area contributed by atoms with E-state index in [4.69, 9.17) is 12.2 Å². The topological polar surface area (TPSA) is 38.5 Å². The number of hydrogen-bond donors (Lipinski definition) is 1. The Morgan fingerprint density at radius 3 is 2.85 bits per heavy atom. The van der Waals surface area contributed by atoms with Crippen LogP contribution in [0.15, 0.2) is 24.4 Å². The number of H-pyrrole nitrogens is 1. The minimum atomic E-state index is -0.634. The molecule has 0 radical (unpaired) electrons. The number of fused-ring (bicyclic) bond motifs is 1. The molecule has 0 bridgehead atoms. The van der Waals surface area contributed by atoms with E-state index >= 15 is 0 Å². The summed E-state index contributed by atoms with van der Waals surface area (Å²) < 4.78 is 30.9. The van der Waals surface area contributed by atoms with Crippen molar-refractivity contribution in [2.24, 2.45) is 7.05 Å². The lowest BCUT2D eigenvalue weighted by Gasteiger charge is -2.05. The fourth-order valence-electron chi connectivity index (χ4n) is 2.28. The number of benzene rings is 1. The quantitative estimate of drug-likeness (QED) is 0.754. The molecule has 4 nitrogen and oxygen atoms in total. The molecule has 0 fully saturated rings. The average Bonchev–Trinajstić information content (AvgIpc) is 2.91. The van der Waals surface area contributed by atoms with Crippen LogP contribution in [-0.4, -0.2) is 19.3 Å². The zero-order chi connectivity index (χ0) is 14.3. The summed E-state index contributed by atoms with van der Waals surface area (Å²) >= 11 is 5.18. The van der Waals surface area contributed by atoms with Crippen molar-refractivity contribution in [1.82, 2.24) is 19.3 Å². The summed E-state index contributed by atoms with van der Waals surface area (Å²) in [5.41, 5.74) is 1.70. The Hall–Kier alpha value is -2.02. The predicted molar refractivity (Wildman–Crippen MR) is 74.0 cm³/mol. The van der Waals surface area contributed by atoms with Gasteiger partial charge >= 0.3 is 0 Å². The SMILES string of the molecule is Cn1nccc1CCn1c(=S)[nH]c2c(F)cc(F)cc21. The van der Waals surface area contributed by atoms with E-state index in [2.05, 4.69) is 10.1 Å². The van der Waals surface area contributed by atoms with Gasteiger partial charge in [-0.1, -0.05) is 0 Å². The van der Waals surface area contributed by atoms with Gasteiger partial charge in [-0.25, -0.2) is 8.78 Å². The largest absolute Gasteiger partial charge is 0.328 e. The van der Waals surface area contributed by atoms with Crippen LogP contribution in [0.3, 0.4) is 0 Å². The molecule has 0 aliphatic heterocycles. The maximum Gasteiger partial charge on any atom is 0.178 e. The second kappa shape index (κ2) is 4.82. The predicted octanol–water partition coefficient (Wildman–Crippen LogP) is 2.95. The van der Waals surface area contributed by atoms with Crippen LogP contribution >= 0.6 is 12.2 Å². The first-order chi connectivity index (χ1) is 9.56. The van der Waals surface area contributed by atoms with Crippen LogP contribution in [0.25, 0.3) is 11.0 Å². The van der Waals surface area contributed by atoms with Gasteiger partial charge in [-0.05, 0) is 24.4 Å². The van der Waals surface area contributed by atoms with Crippen molar-refractivity contribution in [1.29, 1.82) is 0 Å². The number of imidazole rings is 1. The monoisotopic (exact) mass is 294 g/mol. The van der Waals surface area contributed by atoms with Crippen molar-refractivity contribution in [3.05, 3.63) is 46.5 Å². The van der Waals surface area contributed by atoms with Crippen LogP contribution in [-0.2, 0) is 20.0 Å². The van der Waals surface area contributed by atoms with E-state index in [9.17, 15) is 8.78 Å². The van der Waals surface area contributed by atoms with Crippen molar-refractivity contribution < 1.29 is 8.78 Å². The van der Waals surface area contributed by atoms with Gasteiger partial charge in [0.05, 0.1) is 5.52 Å². The molecule has 0 spiro atoms. The first-order valence-electron chi connectivity index (χ1n) is 6.10. The summed E-state index contributed by atoms with van der Waals surface area (Å²) in [6.45, 7) is 0.529. The average molecular weight is 294 g/mol. The highest BCUT2D eigenvalue weighted by Crippen LogP contribution is 2.19. The number of aromatic nitrogens is 4. The van der Waals surface area contributed by atoms with Gasteiger partial charge in [-0.15, -0.1) is 0 Å². The molecule has 1 N–H and O–H groups in total. The number of hydrogen-bond acceptors (Lipinski definition) is 2. The molecule has 0 amide bonds. The number of nitrogens with one attached hydrogen (secondary N) is 1. The Morgan fingerprint density at radius 1 is 1.35 bits per heavy atom. The number of aromatic amines is 1. The fourth-order valence-corrected chi connectivity index (χ4v) is 2.57. The molecule has 20 heavy (non-hydrogen) atoms. The molecule has 0 saturated carbocycles. The zero-order valence-electron chi connectivity index (χ0n) is 10.7. The first-order valence-corrected chi connectivity index (χ1v) is 6.51. The molecule has 104 valence electrons. The van der Waals surface area contributed by atoms with Crippen molar-refractivity contribution in [3.8, 4) is 0 Å². The highest BCUT2D eigenvalue weighted by atomic mass is 32.1. The fraction of sp³-hybridized carbons (Fsp3) is 0.231. The lowest BCUT2D eigenvalue weighted by atomic mass is 10.2. The third kappa shape index (κ3) is 2.14. The highest BCUT2D eigenvalue weighted by molar-refractivity contribution is 7.71. The van der Waals surface area contributed by atoms with E-state index in [0.29, 0.717) is 23.3 Å². The van der Waals surface area contributed by atoms with E-state index in [0.717, 1.165) is 11.8 Å². The molecule has 3 rings (SSSR count). The van der Waals surface area contributed by atoms with Crippen LogP contribution in [0.5, 0.6) is 0 Å². The van der Waals surface area contributed by atoms with E-state index < -0.39 is 11.6 Å². The van der Waals surface area contributed by atoms with Crippen LogP contribution in [0.4, 0.5) is 8.78 Å². The molecule has 1 aromatic carbocycles. The summed E-state index contributed by atoms with van der Waals surface area (Å²) in [6.07, 6.45) is 2.39. The highest BCUT2D eigenvalue weighted by Gasteiger charge is 2.11. The van der Waals surface area contributed by atoms with Crippen molar-refractivity contribution in [3.63, 3.8) is 0 Å². The number of rotatable bonds is 3. The molecule has 0 saturated heterocycles. The molecule has 0 aliphatic rings. The molecule has 7 heteroatoms. The van der Waals surface area contributed by atoms with Crippen LogP contribution in [0, 0.1) is 16.4 Å². The third-order valence-electron chi connectivity index (χ3n) is 3.32. The summed E-state index contributed by atoms with van der Waals surface area (Å²) in [6, 6.07) is 4.03. The third-order valence-corrected chi connectivity index (χ3v) is 3.64. The standard InChI is InChI=1S/C13H12F2N4S/c1-18-9(2-4-16-18)3-5-19-11-7-8(14)6-10(15)12(11)17-13(19)20/h2,4,6-7H,3,5H2,1H3,(H,17,20).